The van der Waals surface area contributed by atoms with Crippen molar-refractivity contribution < 1.29 is 14.3 Å². The van der Waals surface area contributed by atoms with E-state index in [0.717, 1.165) is 11.3 Å². The molecule has 2 aromatic rings. The molecule has 2 aromatic carbocycles. The Balaban J connectivity index is 1.88. The van der Waals surface area contributed by atoms with E-state index in [-0.39, 0.29) is 5.91 Å². The quantitative estimate of drug-likeness (QED) is 0.887. The Bertz CT molecular complexity index is 645. The van der Waals surface area contributed by atoms with Gasteiger partial charge in [-0.15, -0.1) is 0 Å². The zero-order valence-corrected chi connectivity index (χ0v) is 13.3. The van der Waals surface area contributed by atoms with Crippen LogP contribution in [0.3, 0.4) is 0 Å². The number of ether oxygens (including phenoxy) is 2. The highest BCUT2D eigenvalue weighted by Crippen LogP contribution is 2.18. The third-order valence-corrected chi connectivity index (χ3v) is 3.31. The van der Waals surface area contributed by atoms with E-state index in [1.54, 1.807) is 38.3 Å². The summed E-state index contributed by atoms with van der Waals surface area (Å²) in [6.45, 7) is 2.11. The molecule has 0 saturated heterocycles. The van der Waals surface area contributed by atoms with Gasteiger partial charge in [-0.3, -0.25) is 4.79 Å². The lowest BCUT2D eigenvalue weighted by Gasteiger charge is -2.15. The summed E-state index contributed by atoms with van der Waals surface area (Å²) in [7, 11) is 1.61. The van der Waals surface area contributed by atoms with Crippen molar-refractivity contribution in [3.05, 3.63) is 59.1 Å². The molecular weight excluding hydrogens is 302 g/mol. The van der Waals surface area contributed by atoms with Gasteiger partial charge in [-0.1, -0.05) is 29.8 Å². The number of hydrogen-bond acceptors (Lipinski definition) is 3. The Morgan fingerprint density at radius 1 is 1.18 bits per heavy atom. The van der Waals surface area contributed by atoms with Crippen LogP contribution in [0, 0.1) is 0 Å². The molecule has 0 spiro atoms. The summed E-state index contributed by atoms with van der Waals surface area (Å²) in [6.07, 6.45) is -0.607. The molecule has 0 aliphatic carbocycles. The number of halogens is 1. The maximum absolute atomic E-state index is 12.1. The van der Waals surface area contributed by atoms with Crippen LogP contribution in [0.5, 0.6) is 11.5 Å². The molecule has 116 valence electrons. The molecular formula is C17H18ClNO3. The average molecular weight is 320 g/mol. The molecule has 0 fully saturated rings. The van der Waals surface area contributed by atoms with E-state index in [2.05, 4.69) is 5.32 Å². The van der Waals surface area contributed by atoms with Crippen LogP contribution >= 0.6 is 11.6 Å². The van der Waals surface area contributed by atoms with Crippen LogP contribution in [-0.2, 0) is 11.3 Å². The Morgan fingerprint density at radius 2 is 1.91 bits per heavy atom. The van der Waals surface area contributed by atoms with E-state index in [0.29, 0.717) is 17.3 Å². The summed E-state index contributed by atoms with van der Waals surface area (Å²) >= 11 is 5.89. The third-order valence-electron chi connectivity index (χ3n) is 3.08. The van der Waals surface area contributed by atoms with E-state index in [1.165, 1.54) is 0 Å². The van der Waals surface area contributed by atoms with Crippen molar-refractivity contribution in [3.63, 3.8) is 0 Å². The predicted octanol–water partition coefficient (Wildman–Crippen LogP) is 3.43. The normalized spacial score (nSPS) is 11.6. The Labute approximate surface area is 135 Å². The molecule has 1 atom stereocenters. The first-order valence-corrected chi connectivity index (χ1v) is 7.29. The summed E-state index contributed by atoms with van der Waals surface area (Å²) in [6, 6.07) is 14.5. The van der Waals surface area contributed by atoms with E-state index in [4.69, 9.17) is 21.1 Å². The molecule has 0 heterocycles. The van der Waals surface area contributed by atoms with Gasteiger partial charge in [0.1, 0.15) is 11.5 Å². The first kappa shape index (κ1) is 16.2. The Hall–Kier alpha value is -2.20. The van der Waals surface area contributed by atoms with Crippen molar-refractivity contribution in [3.8, 4) is 11.5 Å². The lowest BCUT2D eigenvalue weighted by molar-refractivity contribution is -0.127. The first-order chi connectivity index (χ1) is 10.6. The summed E-state index contributed by atoms with van der Waals surface area (Å²) in [5, 5.41) is 3.40. The van der Waals surface area contributed by atoms with Crippen molar-refractivity contribution in [2.75, 3.05) is 7.11 Å². The minimum absolute atomic E-state index is 0.192. The Kier molecular flexibility index (Phi) is 5.67. The van der Waals surface area contributed by atoms with Crippen LogP contribution in [0.2, 0.25) is 5.02 Å². The fourth-order valence-electron chi connectivity index (χ4n) is 1.91. The van der Waals surface area contributed by atoms with Gasteiger partial charge < -0.3 is 14.8 Å². The molecule has 0 aliphatic heterocycles. The molecule has 4 nitrogen and oxygen atoms in total. The second-order valence-corrected chi connectivity index (χ2v) is 5.22. The van der Waals surface area contributed by atoms with Crippen molar-refractivity contribution in [1.82, 2.24) is 5.32 Å². The van der Waals surface area contributed by atoms with Gasteiger partial charge in [0.2, 0.25) is 0 Å². The molecule has 5 heteroatoms. The highest BCUT2D eigenvalue weighted by atomic mass is 35.5. The summed E-state index contributed by atoms with van der Waals surface area (Å²) < 4.78 is 10.7. The Morgan fingerprint density at radius 3 is 2.64 bits per heavy atom. The SMILES string of the molecule is COc1cccc(CNC(=O)C(C)Oc2cccc(Cl)c2)c1. The summed E-state index contributed by atoms with van der Waals surface area (Å²) in [5.41, 5.74) is 0.961. The largest absolute Gasteiger partial charge is 0.497 e. The molecule has 0 bridgehead atoms. The maximum atomic E-state index is 12.1. The smallest absolute Gasteiger partial charge is 0.261 e. The standard InChI is InChI=1S/C17H18ClNO3/c1-12(22-16-8-4-6-14(18)10-16)17(20)19-11-13-5-3-7-15(9-13)21-2/h3-10,12H,11H2,1-2H3,(H,19,20). The first-order valence-electron chi connectivity index (χ1n) is 6.91. The highest BCUT2D eigenvalue weighted by Gasteiger charge is 2.14. The van der Waals surface area contributed by atoms with Crippen LogP contribution in [0.1, 0.15) is 12.5 Å². The molecule has 1 amide bonds. The van der Waals surface area contributed by atoms with E-state index in [1.807, 2.05) is 24.3 Å². The third kappa shape index (κ3) is 4.67. The van der Waals surface area contributed by atoms with Gasteiger partial charge in [-0.2, -0.15) is 0 Å². The van der Waals surface area contributed by atoms with Crippen LogP contribution in [0.4, 0.5) is 0 Å². The lowest BCUT2D eigenvalue weighted by Crippen LogP contribution is -2.35. The lowest BCUT2D eigenvalue weighted by atomic mass is 10.2. The average Bonchev–Trinajstić information content (AvgIpc) is 2.52. The van der Waals surface area contributed by atoms with E-state index < -0.39 is 6.10 Å². The summed E-state index contributed by atoms with van der Waals surface area (Å²) in [5.74, 6) is 1.13. The van der Waals surface area contributed by atoms with Crippen molar-refractivity contribution in [2.24, 2.45) is 0 Å². The second kappa shape index (κ2) is 7.71. The number of rotatable bonds is 6. The van der Waals surface area contributed by atoms with Gasteiger partial charge in [-0.05, 0) is 42.8 Å². The molecule has 1 N–H and O–H groups in total. The zero-order chi connectivity index (χ0) is 15.9. The molecule has 0 aliphatic rings. The molecule has 0 saturated carbocycles. The number of amides is 1. The minimum atomic E-state index is -0.607. The highest BCUT2D eigenvalue weighted by molar-refractivity contribution is 6.30. The topological polar surface area (TPSA) is 47.6 Å². The second-order valence-electron chi connectivity index (χ2n) is 4.79. The van der Waals surface area contributed by atoms with Crippen LogP contribution in [-0.4, -0.2) is 19.1 Å². The predicted molar refractivity (Wildman–Crippen MR) is 86.4 cm³/mol. The molecule has 0 aromatic heterocycles. The van der Waals surface area contributed by atoms with Crippen LogP contribution in [0.25, 0.3) is 0 Å². The van der Waals surface area contributed by atoms with Gasteiger partial charge in [-0.25, -0.2) is 0 Å². The summed E-state index contributed by atoms with van der Waals surface area (Å²) in [4.78, 5) is 12.1. The molecule has 0 radical (unpaired) electrons. The van der Waals surface area contributed by atoms with Gasteiger partial charge in [0.25, 0.3) is 5.91 Å². The van der Waals surface area contributed by atoms with Gasteiger partial charge >= 0.3 is 0 Å². The van der Waals surface area contributed by atoms with Gasteiger partial charge in [0.15, 0.2) is 6.10 Å². The minimum Gasteiger partial charge on any atom is -0.497 e. The van der Waals surface area contributed by atoms with Crippen molar-refractivity contribution in [2.45, 2.75) is 19.6 Å². The molecule has 22 heavy (non-hydrogen) atoms. The van der Waals surface area contributed by atoms with Crippen molar-refractivity contribution in [1.29, 1.82) is 0 Å². The fraction of sp³-hybridized carbons (Fsp3) is 0.235. The van der Waals surface area contributed by atoms with Gasteiger partial charge in [0.05, 0.1) is 7.11 Å². The number of methoxy groups -OCH3 is 1. The number of hydrogen-bond donors (Lipinski definition) is 1. The van der Waals surface area contributed by atoms with Crippen LogP contribution < -0.4 is 14.8 Å². The monoisotopic (exact) mass is 319 g/mol. The number of carbonyl (C=O) groups excluding carboxylic acids is 1. The van der Waals surface area contributed by atoms with Crippen molar-refractivity contribution >= 4 is 17.5 Å². The maximum Gasteiger partial charge on any atom is 0.261 e. The van der Waals surface area contributed by atoms with E-state index in [9.17, 15) is 4.79 Å². The number of benzene rings is 2. The fourth-order valence-corrected chi connectivity index (χ4v) is 2.09. The molecule has 1 unspecified atom stereocenters. The zero-order valence-electron chi connectivity index (χ0n) is 12.5. The van der Waals surface area contributed by atoms with Gasteiger partial charge in [0, 0.05) is 11.6 Å². The number of carbonyl (C=O) groups is 1. The van der Waals surface area contributed by atoms with Crippen LogP contribution in [0.15, 0.2) is 48.5 Å². The number of nitrogens with one attached hydrogen (secondary N) is 1. The van der Waals surface area contributed by atoms with E-state index >= 15 is 0 Å². The molecule has 2 rings (SSSR count).